The predicted octanol–water partition coefficient (Wildman–Crippen LogP) is 4.46. The molecule has 0 atom stereocenters. The van der Waals surface area contributed by atoms with Crippen LogP contribution in [-0.4, -0.2) is 4.98 Å². The van der Waals surface area contributed by atoms with Crippen LogP contribution >= 0.6 is 33.9 Å². The summed E-state index contributed by atoms with van der Waals surface area (Å²) in [6.45, 7) is 2.10. The Hall–Kier alpha value is -1.14. The Morgan fingerprint density at radius 1 is 1.17 bits per heavy atom. The lowest BCUT2D eigenvalue weighted by molar-refractivity contribution is 1.45. The summed E-state index contributed by atoms with van der Waals surface area (Å²) in [5.41, 5.74) is 10.4. The van der Waals surface area contributed by atoms with Crippen LogP contribution in [0.25, 0.3) is 21.3 Å². The number of aromatic nitrogens is 1. The molecule has 2 aromatic carbocycles. The Labute approximate surface area is 123 Å². The molecule has 1 heterocycles. The summed E-state index contributed by atoms with van der Waals surface area (Å²) in [6, 6.07) is 12.8. The third-order valence-corrected chi connectivity index (χ3v) is 4.36. The molecule has 4 heteroatoms. The van der Waals surface area contributed by atoms with Crippen LogP contribution in [0.15, 0.2) is 36.4 Å². The number of halogens is 1. The first-order valence-electron chi connectivity index (χ1n) is 5.56. The van der Waals surface area contributed by atoms with Gasteiger partial charge in [0.15, 0.2) is 5.13 Å². The van der Waals surface area contributed by atoms with Crippen molar-refractivity contribution in [3.05, 3.63) is 45.5 Å². The zero-order chi connectivity index (χ0) is 12.7. The molecule has 0 aliphatic carbocycles. The second-order valence-corrected chi connectivity index (χ2v) is 6.53. The molecule has 0 aliphatic rings. The van der Waals surface area contributed by atoms with Crippen LogP contribution in [-0.2, 0) is 0 Å². The van der Waals surface area contributed by atoms with Crippen molar-refractivity contribution in [3.63, 3.8) is 0 Å². The van der Waals surface area contributed by atoms with E-state index in [1.165, 1.54) is 14.7 Å². The van der Waals surface area contributed by atoms with Crippen LogP contribution in [0, 0.1) is 10.5 Å². The average molecular weight is 366 g/mol. The number of benzene rings is 2. The molecule has 0 radical (unpaired) electrons. The normalized spacial score (nSPS) is 11.0. The van der Waals surface area contributed by atoms with Crippen LogP contribution in [0.4, 0.5) is 5.13 Å². The van der Waals surface area contributed by atoms with E-state index < -0.39 is 0 Å². The molecule has 3 rings (SSSR count). The van der Waals surface area contributed by atoms with Crippen molar-refractivity contribution in [2.75, 3.05) is 5.73 Å². The number of nitrogens with zero attached hydrogens (tertiary/aromatic N) is 1. The zero-order valence-electron chi connectivity index (χ0n) is 9.77. The highest BCUT2D eigenvalue weighted by Crippen LogP contribution is 2.34. The van der Waals surface area contributed by atoms with Crippen LogP contribution < -0.4 is 5.73 Å². The summed E-state index contributed by atoms with van der Waals surface area (Å²) < 4.78 is 2.39. The summed E-state index contributed by atoms with van der Waals surface area (Å²) in [5, 5.41) is 0.627. The lowest BCUT2D eigenvalue weighted by Crippen LogP contribution is -1.85. The number of hydrogen-bond donors (Lipinski definition) is 1. The standard InChI is InChI=1S/C14H11IN2S/c1-8-6-11(9-2-4-10(15)5-3-9)13-12(7-8)18-14(16)17-13/h2-7H,1H3,(H2,16,17). The molecular weight excluding hydrogens is 355 g/mol. The molecule has 0 unspecified atom stereocenters. The van der Waals surface area contributed by atoms with E-state index in [2.05, 4.69) is 70.9 Å². The molecule has 1 aromatic heterocycles. The Morgan fingerprint density at radius 2 is 1.89 bits per heavy atom. The van der Waals surface area contributed by atoms with Gasteiger partial charge in [0.2, 0.25) is 0 Å². The molecule has 0 saturated heterocycles. The molecule has 0 spiro atoms. The highest BCUT2D eigenvalue weighted by molar-refractivity contribution is 14.1. The van der Waals surface area contributed by atoms with Crippen molar-refractivity contribution in [1.29, 1.82) is 0 Å². The molecule has 3 aromatic rings. The Bertz CT molecular complexity index is 716. The van der Waals surface area contributed by atoms with Gasteiger partial charge in [0.25, 0.3) is 0 Å². The average Bonchev–Trinajstić information content (AvgIpc) is 2.69. The largest absolute Gasteiger partial charge is 0.375 e. The molecule has 90 valence electrons. The van der Waals surface area contributed by atoms with Crippen LogP contribution in [0.1, 0.15) is 5.56 Å². The predicted molar refractivity (Wildman–Crippen MR) is 86.9 cm³/mol. The van der Waals surface area contributed by atoms with E-state index in [4.69, 9.17) is 5.73 Å². The number of fused-ring (bicyclic) bond motifs is 1. The molecule has 0 bridgehead atoms. The van der Waals surface area contributed by atoms with E-state index >= 15 is 0 Å². The number of nitrogens with two attached hydrogens (primary N) is 1. The van der Waals surface area contributed by atoms with Gasteiger partial charge in [0.05, 0.1) is 10.2 Å². The number of aryl methyl sites for hydroxylation is 1. The second-order valence-electron chi connectivity index (χ2n) is 4.22. The lowest BCUT2D eigenvalue weighted by Gasteiger charge is -2.04. The number of hydrogen-bond acceptors (Lipinski definition) is 3. The van der Waals surface area contributed by atoms with Gasteiger partial charge in [-0.05, 0) is 64.9 Å². The monoisotopic (exact) mass is 366 g/mol. The number of anilines is 1. The topological polar surface area (TPSA) is 38.9 Å². The summed E-state index contributed by atoms with van der Waals surface area (Å²) in [7, 11) is 0. The van der Waals surface area contributed by atoms with E-state index in [9.17, 15) is 0 Å². The van der Waals surface area contributed by atoms with Gasteiger partial charge in [0, 0.05) is 9.13 Å². The molecule has 0 aliphatic heterocycles. The third kappa shape index (κ3) is 2.10. The molecule has 2 N–H and O–H groups in total. The van der Waals surface area contributed by atoms with Crippen molar-refractivity contribution >= 4 is 49.3 Å². The fourth-order valence-corrected chi connectivity index (χ4v) is 3.25. The first-order chi connectivity index (χ1) is 8.63. The first-order valence-corrected chi connectivity index (χ1v) is 7.45. The van der Waals surface area contributed by atoms with E-state index in [0.29, 0.717) is 5.13 Å². The highest BCUT2D eigenvalue weighted by atomic mass is 127. The van der Waals surface area contributed by atoms with E-state index in [1.54, 1.807) is 11.3 Å². The maximum absolute atomic E-state index is 5.82. The number of rotatable bonds is 1. The number of thiazole rings is 1. The summed E-state index contributed by atoms with van der Waals surface area (Å²) >= 11 is 3.85. The van der Waals surface area contributed by atoms with Gasteiger partial charge in [-0.15, -0.1) is 0 Å². The molecule has 0 saturated carbocycles. The van der Waals surface area contributed by atoms with E-state index in [1.807, 2.05) is 0 Å². The van der Waals surface area contributed by atoms with Crippen LogP contribution in [0.3, 0.4) is 0 Å². The molecule has 0 fully saturated rings. The Balaban J connectivity index is 2.30. The Kier molecular flexibility index (Phi) is 2.99. The minimum atomic E-state index is 0.627. The van der Waals surface area contributed by atoms with Crippen molar-refractivity contribution in [1.82, 2.24) is 4.98 Å². The van der Waals surface area contributed by atoms with Crippen LogP contribution in [0.2, 0.25) is 0 Å². The maximum Gasteiger partial charge on any atom is 0.181 e. The van der Waals surface area contributed by atoms with Gasteiger partial charge in [-0.1, -0.05) is 23.5 Å². The molecule has 0 amide bonds. The minimum absolute atomic E-state index is 0.627. The van der Waals surface area contributed by atoms with Crippen molar-refractivity contribution < 1.29 is 0 Å². The second kappa shape index (κ2) is 4.51. The molecule has 2 nitrogen and oxygen atoms in total. The Morgan fingerprint density at radius 3 is 2.61 bits per heavy atom. The fourth-order valence-electron chi connectivity index (χ4n) is 2.03. The van der Waals surface area contributed by atoms with Crippen molar-refractivity contribution in [2.24, 2.45) is 0 Å². The van der Waals surface area contributed by atoms with Gasteiger partial charge in [0.1, 0.15) is 0 Å². The van der Waals surface area contributed by atoms with Gasteiger partial charge in [-0.25, -0.2) is 4.98 Å². The van der Waals surface area contributed by atoms with E-state index in [-0.39, 0.29) is 0 Å². The van der Waals surface area contributed by atoms with Gasteiger partial charge < -0.3 is 5.73 Å². The molecule has 18 heavy (non-hydrogen) atoms. The highest BCUT2D eigenvalue weighted by Gasteiger charge is 2.09. The lowest BCUT2D eigenvalue weighted by atomic mass is 10.0. The van der Waals surface area contributed by atoms with Gasteiger partial charge in [-0.2, -0.15) is 0 Å². The number of nitrogen functional groups attached to an aromatic ring is 1. The van der Waals surface area contributed by atoms with Gasteiger partial charge in [-0.3, -0.25) is 0 Å². The zero-order valence-corrected chi connectivity index (χ0v) is 12.7. The summed E-state index contributed by atoms with van der Waals surface area (Å²) in [4.78, 5) is 4.45. The quantitative estimate of drug-likeness (QED) is 0.646. The summed E-state index contributed by atoms with van der Waals surface area (Å²) in [5.74, 6) is 0. The van der Waals surface area contributed by atoms with Crippen LogP contribution in [0.5, 0.6) is 0 Å². The smallest absolute Gasteiger partial charge is 0.181 e. The van der Waals surface area contributed by atoms with Crippen molar-refractivity contribution in [2.45, 2.75) is 6.92 Å². The van der Waals surface area contributed by atoms with Gasteiger partial charge >= 0.3 is 0 Å². The summed E-state index contributed by atoms with van der Waals surface area (Å²) in [6.07, 6.45) is 0. The SMILES string of the molecule is Cc1cc(-c2ccc(I)cc2)c2nc(N)sc2c1. The molecular formula is C14H11IN2S. The first kappa shape index (κ1) is 11.9. The van der Waals surface area contributed by atoms with E-state index in [0.717, 1.165) is 15.8 Å². The van der Waals surface area contributed by atoms with Crippen molar-refractivity contribution in [3.8, 4) is 11.1 Å². The fraction of sp³-hybridized carbons (Fsp3) is 0.0714. The minimum Gasteiger partial charge on any atom is -0.375 e. The maximum atomic E-state index is 5.82. The third-order valence-electron chi connectivity index (χ3n) is 2.81.